The lowest BCUT2D eigenvalue weighted by Crippen LogP contribution is -1.81. The van der Waals surface area contributed by atoms with E-state index in [0.717, 1.165) is 5.56 Å². The average molecular weight is 164 g/mol. The lowest BCUT2D eigenvalue weighted by atomic mass is 10.2. The number of H-pyrrole nitrogens is 1. The Kier molecular flexibility index (Phi) is 1.55. The number of nitrogens with one attached hydrogen (secondary N) is 1. The van der Waals surface area contributed by atoms with Crippen molar-refractivity contribution in [3.63, 3.8) is 0 Å². The zero-order chi connectivity index (χ0) is 8.39. The van der Waals surface area contributed by atoms with Crippen LogP contribution in [0.4, 0.5) is 4.39 Å². The van der Waals surface area contributed by atoms with E-state index in [4.69, 9.17) is 0 Å². The molecule has 0 radical (unpaired) electrons. The number of hydrogen-bond acceptors (Lipinski definition) is 3. The molecule has 0 saturated carbocycles. The Hall–Kier alpha value is -1.78. The Bertz CT molecular complexity index is 353. The summed E-state index contributed by atoms with van der Waals surface area (Å²) in [7, 11) is 0. The number of nitrogens with zero attached hydrogens (tertiary/aromatic N) is 3. The van der Waals surface area contributed by atoms with E-state index in [0.29, 0.717) is 5.82 Å². The van der Waals surface area contributed by atoms with Gasteiger partial charge < -0.3 is 0 Å². The summed E-state index contributed by atoms with van der Waals surface area (Å²) in [6.45, 7) is 0. The largest absolute Gasteiger partial charge is 0.239 e. The maximum absolute atomic E-state index is 12.5. The first-order chi connectivity index (χ1) is 5.86. The Balaban J connectivity index is 2.43. The molecule has 60 valence electrons. The van der Waals surface area contributed by atoms with Crippen LogP contribution in [0.1, 0.15) is 0 Å². The fourth-order valence-corrected chi connectivity index (χ4v) is 0.889. The van der Waals surface area contributed by atoms with Crippen LogP contribution in [-0.2, 0) is 0 Å². The average Bonchev–Trinajstić information content (AvgIpc) is 2.58. The van der Waals surface area contributed by atoms with Crippen molar-refractivity contribution >= 4 is 0 Å². The van der Waals surface area contributed by atoms with Gasteiger partial charge in [-0.15, -0.1) is 5.10 Å². The molecule has 0 amide bonds. The fraction of sp³-hybridized carbons (Fsp3) is 0. The van der Waals surface area contributed by atoms with Crippen molar-refractivity contribution in [1.82, 2.24) is 20.6 Å². The normalized spacial score (nSPS) is 10.1. The minimum Gasteiger partial charge on any atom is -0.239 e. The van der Waals surface area contributed by atoms with Crippen molar-refractivity contribution in [2.24, 2.45) is 0 Å². The summed E-state index contributed by atoms with van der Waals surface area (Å²) < 4.78 is 12.5. The molecule has 0 spiro atoms. The lowest BCUT2D eigenvalue weighted by Gasteiger charge is -1.92. The van der Waals surface area contributed by atoms with E-state index in [9.17, 15) is 4.39 Å². The Morgan fingerprint density at radius 3 is 2.50 bits per heavy atom. The first kappa shape index (κ1) is 6.90. The number of aromatic nitrogens is 4. The van der Waals surface area contributed by atoms with E-state index in [1.165, 1.54) is 12.1 Å². The van der Waals surface area contributed by atoms with E-state index in [2.05, 4.69) is 20.6 Å². The van der Waals surface area contributed by atoms with E-state index in [1.807, 2.05) is 0 Å². The molecule has 0 saturated heterocycles. The second-order valence-electron chi connectivity index (χ2n) is 2.26. The number of hydrogen-bond donors (Lipinski definition) is 1. The van der Waals surface area contributed by atoms with Crippen molar-refractivity contribution < 1.29 is 4.39 Å². The van der Waals surface area contributed by atoms with Gasteiger partial charge in [-0.05, 0) is 34.7 Å². The van der Waals surface area contributed by atoms with Crippen LogP contribution in [0.3, 0.4) is 0 Å². The van der Waals surface area contributed by atoms with Crippen LogP contribution in [0.25, 0.3) is 11.4 Å². The molecule has 0 bridgehead atoms. The molecule has 2 rings (SSSR count). The van der Waals surface area contributed by atoms with Gasteiger partial charge in [0.25, 0.3) is 0 Å². The van der Waals surface area contributed by atoms with Gasteiger partial charge in [0.1, 0.15) is 5.82 Å². The number of halogens is 1. The second-order valence-corrected chi connectivity index (χ2v) is 2.26. The summed E-state index contributed by atoms with van der Waals surface area (Å²) in [5.41, 5.74) is 0.765. The van der Waals surface area contributed by atoms with Crippen molar-refractivity contribution in [2.75, 3.05) is 0 Å². The Morgan fingerprint density at radius 1 is 1.17 bits per heavy atom. The maximum atomic E-state index is 12.5. The van der Waals surface area contributed by atoms with Crippen LogP contribution in [0, 0.1) is 5.82 Å². The molecule has 0 fully saturated rings. The van der Waals surface area contributed by atoms with Crippen LogP contribution >= 0.6 is 0 Å². The van der Waals surface area contributed by atoms with Crippen LogP contribution in [0.15, 0.2) is 24.3 Å². The summed E-state index contributed by atoms with van der Waals surface area (Å²) in [5, 5.41) is 13.1. The third kappa shape index (κ3) is 1.16. The van der Waals surface area contributed by atoms with Crippen LogP contribution in [-0.4, -0.2) is 20.6 Å². The van der Waals surface area contributed by atoms with Crippen molar-refractivity contribution in [2.45, 2.75) is 0 Å². The first-order valence-electron chi connectivity index (χ1n) is 3.36. The Morgan fingerprint density at radius 2 is 1.92 bits per heavy atom. The predicted molar refractivity (Wildman–Crippen MR) is 39.6 cm³/mol. The van der Waals surface area contributed by atoms with Gasteiger partial charge in [-0.3, -0.25) is 0 Å². The quantitative estimate of drug-likeness (QED) is 0.684. The third-order valence-corrected chi connectivity index (χ3v) is 1.46. The highest BCUT2D eigenvalue weighted by Crippen LogP contribution is 2.12. The zero-order valence-corrected chi connectivity index (χ0v) is 6.03. The number of rotatable bonds is 1. The Labute approximate surface area is 67.4 Å². The van der Waals surface area contributed by atoms with Gasteiger partial charge in [0.05, 0.1) is 0 Å². The van der Waals surface area contributed by atoms with Crippen LogP contribution < -0.4 is 0 Å². The molecule has 0 atom stereocenters. The molecule has 5 heteroatoms. The standard InChI is InChI=1S/C7H5FN4/c8-6-3-1-5(2-4-6)7-9-11-12-10-7/h1-4H,(H,9,10,11,12). The number of aromatic amines is 1. The molecule has 0 aliphatic heterocycles. The van der Waals surface area contributed by atoms with Crippen molar-refractivity contribution in [3.05, 3.63) is 30.1 Å². The van der Waals surface area contributed by atoms with Crippen molar-refractivity contribution in [1.29, 1.82) is 0 Å². The molecule has 1 aromatic heterocycles. The van der Waals surface area contributed by atoms with Gasteiger partial charge in [0.15, 0.2) is 5.82 Å². The molecule has 2 aromatic rings. The smallest absolute Gasteiger partial charge is 0.179 e. The highest BCUT2D eigenvalue weighted by atomic mass is 19.1. The topological polar surface area (TPSA) is 54.5 Å². The van der Waals surface area contributed by atoms with E-state index < -0.39 is 0 Å². The highest BCUT2D eigenvalue weighted by molar-refractivity contribution is 5.53. The third-order valence-electron chi connectivity index (χ3n) is 1.46. The van der Waals surface area contributed by atoms with E-state index in [1.54, 1.807) is 12.1 Å². The lowest BCUT2D eigenvalue weighted by molar-refractivity contribution is 0.628. The van der Waals surface area contributed by atoms with Crippen molar-refractivity contribution in [3.8, 4) is 11.4 Å². The minimum absolute atomic E-state index is 0.272. The highest BCUT2D eigenvalue weighted by Gasteiger charge is 1.99. The molecule has 1 aromatic carbocycles. The molecule has 4 nitrogen and oxygen atoms in total. The van der Waals surface area contributed by atoms with Gasteiger partial charge in [0.2, 0.25) is 0 Å². The van der Waals surface area contributed by atoms with Gasteiger partial charge in [-0.2, -0.15) is 0 Å². The number of benzene rings is 1. The molecule has 0 aliphatic rings. The SMILES string of the molecule is Fc1ccc(-c2nnn[nH]2)cc1. The minimum atomic E-state index is -0.272. The van der Waals surface area contributed by atoms with Gasteiger partial charge in [0, 0.05) is 5.56 Å². The van der Waals surface area contributed by atoms with Crippen LogP contribution in [0.2, 0.25) is 0 Å². The first-order valence-corrected chi connectivity index (χ1v) is 3.36. The maximum Gasteiger partial charge on any atom is 0.179 e. The summed E-state index contributed by atoms with van der Waals surface area (Å²) >= 11 is 0. The fourth-order valence-electron chi connectivity index (χ4n) is 0.889. The summed E-state index contributed by atoms with van der Waals surface area (Å²) in [6, 6.07) is 5.94. The molecule has 0 unspecified atom stereocenters. The molecular weight excluding hydrogens is 159 g/mol. The number of tetrazole rings is 1. The van der Waals surface area contributed by atoms with Gasteiger partial charge >= 0.3 is 0 Å². The summed E-state index contributed by atoms with van der Waals surface area (Å²) in [6.07, 6.45) is 0. The second kappa shape index (κ2) is 2.69. The monoisotopic (exact) mass is 164 g/mol. The molecule has 1 heterocycles. The predicted octanol–water partition coefficient (Wildman–Crippen LogP) is 1.01. The van der Waals surface area contributed by atoms with Gasteiger partial charge in [-0.25, -0.2) is 9.49 Å². The zero-order valence-electron chi connectivity index (χ0n) is 6.03. The molecule has 12 heavy (non-hydrogen) atoms. The van der Waals surface area contributed by atoms with E-state index in [-0.39, 0.29) is 5.82 Å². The van der Waals surface area contributed by atoms with Gasteiger partial charge in [-0.1, -0.05) is 0 Å². The van der Waals surface area contributed by atoms with Crippen LogP contribution in [0.5, 0.6) is 0 Å². The molecule has 1 N–H and O–H groups in total. The summed E-state index contributed by atoms with van der Waals surface area (Å²) in [4.78, 5) is 0. The molecular formula is C7H5FN4. The summed E-state index contributed by atoms with van der Waals surface area (Å²) in [5.74, 6) is 0.265. The van der Waals surface area contributed by atoms with E-state index >= 15 is 0 Å². The molecule has 0 aliphatic carbocycles.